The zero-order valence-corrected chi connectivity index (χ0v) is 14.2. The number of nitrogens with zero attached hydrogens (tertiary/aromatic N) is 2. The number of carbonyl (C=O) groups excluding carboxylic acids is 1. The van der Waals surface area contributed by atoms with Crippen LogP contribution in [0.4, 0.5) is 0 Å². The van der Waals surface area contributed by atoms with Gasteiger partial charge in [0, 0.05) is 22.7 Å². The summed E-state index contributed by atoms with van der Waals surface area (Å²) in [4.78, 5) is 16.3. The Morgan fingerprint density at radius 3 is 2.68 bits per heavy atom. The Morgan fingerprint density at radius 2 is 2.04 bits per heavy atom. The van der Waals surface area contributed by atoms with E-state index in [9.17, 15) is 9.90 Å². The van der Waals surface area contributed by atoms with Crippen molar-refractivity contribution in [2.45, 2.75) is 13.0 Å². The van der Waals surface area contributed by atoms with Crippen LogP contribution in [0.25, 0.3) is 11.5 Å². The molecule has 0 saturated heterocycles. The van der Waals surface area contributed by atoms with Crippen molar-refractivity contribution in [2.24, 2.45) is 0 Å². The van der Waals surface area contributed by atoms with Crippen LogP contribution in [-0.2, 0) is 0 Å². The van der Waals surface area contributed by atoms with E-state index in [0.717, 1.165) is 5.56 Å². The molecule has 2 aromatic carbocycles. The van der Waals surface area contributed by atoms with E-state index < -0.39 is 6.10 Å². The van der Waals surface area contributed by atoms with Gasteiger partial charge in [0.25, 0.3) is 11.8 Å². The first kappa shape index (κ1) is 17.1. The summed E-state index contributed by atoms with van der Waals surface area (Å²) >= 11 is 5.90. The average Bonchev–Trinajstić information content (AvgIpc) is 3.06. The minimum atomic E-state index is -0.830. The molecule has 6 nitrogen and oxygen atoms in total. The summed E-state index contributed by atoms with van der Waals surface area (Å²) in [6, 6.07) is 13.7. The van der Waals surface area contributed by atoms with Crippen LogP contribution in [0.2, 0.25) is 5.02 Å². The molecule has 3 aromatic rings. The quantitative estimate of drug-likeness (QED) is 0.732. The lowest BCUT2D eigenvalue weighted by molar-refractivity contribution is 0.0916. The fourth-order valence-electron chi connectivity index (χ4n) is 2.30. The van der Waals surface area contributed by atoms with Crippen molar-refractivity contribution in [3.05, 3.63) is 70.5 Å². The van der Waals surface area contributed by atoms with Gasteiger partial charge in [-0.25, -0.2) is 0 Å². The lowest BCUT2D eigenvalue weighted by Gasteiger charge is -2.12. The predicted molar refractivity (Wildman–Crippen MR) is 93.2 cm³/mol. The molecule has 3 rings (SSSR count). The first-order chi connectivity index (χ1) is 12.0. The maximum atomic E-state index is 12.2. The summed E-state index contributed by atoms with van der Waals surface area (Å²) in [5.41, 5.74) is 1.85. The second-order valence-electron chi connectivity index (χ2n) is 5.50. The summed E-state index contributed by atoms with van der Waals surface area (Å²) in [6.07, 6.45) is -0.830. The molecule has 7 heteroatoms. The Bertz CT molecular complexity index is 877. The molecule has 2 N–H and O–H groups in total. The normalized spacial score (nSPS) is 12.0. The number of carbonyl (C=O) groups is 1. The first-order valence-corrected chi connectivity index (χ1v) is 8.03. The van der Waals surface area contributed by atoms with Gasteiger partial charge in [0.15, 0.2) is 5.82 Å². The van der Waals surface area contributed by atoms with Gasteiger partial charge in [-0.05, 0) is 48.9 Å². The molecule has 128 valence electrons. The number of nitrogens with one attached hydrogen (secondary N) is 1. The van der Waals surface area contributed by atoms with Gasteiger partial charge >= 0.3 is 0 Å². The largest absolute Gasteiger partial charge is 0.387 e. The van der Waals surface area contributed by atoms with Crippen LogP contribution in [-0.4, -0.2) is 27.7 Å². The monoisotopic (exact) mass is 357 g/mol. The zero-order valence-electron chi connectivity index (χ0n) is 13.4. The second-order valence-corrected chi connectivity index (χ2v) is 5.94. The summed E-state index contributed by atoms with van der Waals surface area (Å²) in [5, 5.41) is 17.1. The number of rotatable bonds is 5. The van der Waals surface area contributed by atoms with Gasteiger partial charge in [-0.3, -0.25) is 4.79 Å². The molecular formula is C18H16ClN3O3. The Kier molecular flexibility index (Phi) is 5.11. The molecule has 0 aliphatic heterocycles. The average molecular weight is 358 g/mol. The molecule has 1 aromatic heterocycles. The van der Waals surface area contributed by atoms with Crippen LogP contribution < -0.4 is 5.32 Å². The highest BCUT2D eigenvalue weighted by atomic mass is 35.5. The van der Waals surface area contributed by atoms with E-state index in [2.05, 4.69) is 15.5 Å². The molecule has 0 bridgehead atoms. The highest BCUT2D eigenvalue weighted by Gasteiger charge is 2.12. The SMILES string of the molecule is Cc1noc(-c2ccc(C(=O)NC[C@@H](O)c3cccc(Cl)c3)cc2)n1. The Hall–Kier alpha value is -2.70. The van der Waals surface area contributed by atoms with Gasteiger partial charge in [-0.1, -0.05) is 28.9 Å². The smallest absolute Gasteiger partial charge is 0.257 e. The van der Waals surface area contributed by atoms with Crippen LogP contribution in [0.5, 0.6) is 0 Å². The van der Waals surface area contributed by atoms with Crippen LogP contribution in [0.3, 0.4) is 0 Å². The van der Waals surface area contributed by atoms with Crippen molar-refractivity contribution in [1.82, 2.24) is 15.5 Å². The number of hydrogen-bond acceptors (Lipinski definition) is 5. The highest BCUT2D eigenvalue weighted by Crippen LogP contribution is 2.19. The van der Waals surface area contributed by atoms with Gasteiger partial charge in [0.2, 0.25) is 0 Å². The van der Waals surface area contributed by atoms with Crippen molar-refractivity contribution in [3.8, 4) is 11.5 Å². The first-order valence-electron chi connectivity index (χ1n) is 7.65. The Labute approximate surface area is 149 Å². The molecule has 1 amide bonds. The minimum Gasteiger partial charge on any atom is -0.387 e. The fourth-order valence-corrected chi connectivity index (χ4v) is 2.50. The number of amides is 1. The molecule has 0 aliphatic carbocycles. The van der Waals surface area contributed by atoms with Gasteiger partial charge in [0.05, 0.1) is 6.10 Å². The van der Waals surface area contributed by atoms with Crippen LogP contribution in [0, 0.1) is 6.92 Å². The summed E-state index contributed by atoms with van der Waals surface area (Å²) in [6.45, 7) is 1.82. The Morgan fingerprint density at radius 1 is 1.28 bits per heavy atom. The Balaban J connectivity index is 1.61. The summed E-state index contributed by atoms with van der Waals surface area (Å²) in [5.74, 6) is 0.669. The van der Waals surface area contributed by atoms with E-state index in [1.54, 1.807) is 55.5 Å². The molecule has 1 atom stereocenters. The van der Waals surface area contributed by atoms with Crippen LogP contribution in [0.15, 0.2) is 53.1 Å². The lowest BCUT2D eigenvalue weighted by Crippen LogP contribution is -2.28. The maximum Gasteiger partial charge on any atom is 0.257 e. The van der Waals surface area contributed by atoms with E-state index >= 15 is 0 Å². The molecule has 0 spiro atoms. The van der Waals surface area contributed by atoms with Gasteiger partial charge in [0.1, 0.15) is 0 Å². The van der Waals surface area contributed by atoms with Gasteiger partial charge < -0.3 is 14.9 Å². The topological polar surface area (TPSA) is 88.2 Å². The standard InChI is InChI=1S/C18H16ClN3O3/c1-11-21-18(25-22-11)13-7-5-12(6-8-13)17(24)20-10-16(23)14-3-2-4-15(19)9-14/h2-9,16,23H,10H2,1H3,(H,20,24)/t16-/m1/s1. The number of aryl methyl sites for hydroxylation is 1. The predicted octanol–water partition coefficient (Wildman–Crippen LogP) is 3.16. The molecule has 0 unspecified atom stereocenters. The minimum absolute atomic E-state index is 0.0871. The molecule has 0 radical (unpaired) electrons. The third-order valence-electron chi connectivity index (χ3n) is 3.61. The molecule has 0 aliphatic rings. The van der Waals surface area contributed by atoms with E-state index in [-0.39, 0.29) is 12.5 Å². The maximum absolute atomic E-state index is 12.2. The van der Waals surface area contributed by atoms with Crippen LogP contribution in [0.1, 0.15) is 27.8 Å². The lowest BCUT2D eigenvalue weighted by atomic mass is 10.1. The number of hydrogen-bond donors (Lipinski definition) is 2. The van der Waals surface area contributed by atoms with Crippen molar-refractivity contribution < 1.29 is 14.4 Å². The van der Waals surface area contributed by atoms with Gasteiger partial charge in [-0.15, -0.1) is 0 Å². The number of halogens is 1. The van der Waals surface area contributed by atoms with E-state index in [4.69, 9.17) is 16.1 Å². The molecule has 0 saturated carbocycles. The summed E-state index contributed by atoms with van der Waals surface area (Å²) < 4.78 is 5.08. The summed E-state index contributed by atoms with van der Waals surface area (Å²) in [7, 11) is 0. The molecule has 1 heterocycles. The highest BCUT2D eigenvalue weighted by molar-refractivity contribution is 6.30. The van der Waals surface area contributed by atoms with Crippen molar-refractivity contribution >= 4 is 17.5 Å². The van der Waals surface area contributed by atoms with E-state index in [0.29, 0.717) is 27.9 Å². The number of benzene rings is 2. The van der Waals surface area contributed by atoms with Crippen LogP contribution >= 0.6 is 11.6 Å². The number of aliphatic hydroxyl groups is 1. The second kappa shape index (κ2) is 7.46. The number of aliphatic hydroxyl groups excluding tert-OH is 1. The van der Waals surface area contributed by atoms with Crippen molar-refractivity contribution in [2.75, 3.05) is 6.54 Å². The third-order valence-corrected chi connectivity index (χ3v) is 3.85. The third kappa shape index (κ3) is 4.23. The zero-order chi connectivity index (χ0) is 17.8. The van der Waals surface area contributed by atoms with E-state index in [1.165, 1.54) is 0 Å². The molecule has 0 fully saturated rings. The van der Waals surface area contributed by atoms with Gasteiger partial charge in [-0.2, -0.15) is 4.98 Å². The number of aromatic nitrogens is 2. The van der Waals surface area contributed by atoms with Crippen molar-refractivity contribution in [3.63, 3.8) is 0 Å². The molecule has 25 heavy (non-hydrogen) atoms. The van der Waals surface area contributed by atoms with Crippen molar-refractivity contribution in [1.29, 1.82) is 0 Å². The van der Waals surface area contributed by atoms with E-state index in [1.807, 2.05) is 0 Å². The fraction of sp³-hybridized carbons (Fsp3) is 0.167. The molecular weight excluding hydrogens is 342 g/mol.